The fourth-order valence-electron chi connectivity index (χ4n) is 4.25. The molecule has 0 saturated carbocycles. The molecule has 0 aliphatic carbocycles. The summed E-state index contributed by atoms with van der Waals surface area (Å²) in [4.78, 5) is 37.9. The van der Waals surface area contributed by atoms with Gasteiger partial charge in [-0.1, -0.05) is 24.3 Å². The van der Waals surface area contributed by atoms with E-state index in [1.807, 2.05) is 0 Å². The van der Waals surface area contributed by atoms with Crippen molar-refractivity contribution in [2.24, 2.45) is 0 Å². The first kappa shape index (κ1) is 25.0. The third-order valence-corrected chi connectivity index (χ3v) is 7.49. The molecular weight excluding hydrogens is 520 g/mol. The first-order valence-corrected chi connectivity index (χ1v) is 12.6. The number of nitrogens with one attached hydrogen (secondary N) is 1. The Kier molecular flexibility index (Phi) is 5.71. The van der Waals surface area contributed by atoms with Gasteiger partial charge in [-0.25, -0.2) is 22.1 Å². The molecule has 5 rings (SSSR count). The zero-order chi connectivity index (χ0) is 27.4. The van der Waals surface area contributed by atoms with Crippen molar-refractivity contribution in [1.29, 1.82) is 0 Å². The Morgan fingerprint density at radius 3 is 2.13 bits per heavy atom. The molecule has 4 aromatic rings. The summed E-state index contributed by atoms with van der Waals surface area (Å²) >= 11 is 0. The van der Waals surface area contributed by atoms with Crippen LogP contribution in [-0.4, -0.2) is 25.2 Å². The van der Waals surface area contributed by atoms with Crippen molar-refractivity contribution < 1.29 is 31.7 Å². The summed E-state index contributed by atoms with van der Waals surface area (Å²) in [6, 6.07) is 16.5. The smallest absolute Gasteiger partial charge is 0.270 e. The number of carbonyl (C=O) groups excluding carboxylic acids is 2. The van der Waals surface area contributed by atoms with Crippen LogP contribution >= 0.6 is 0 Å². The van der Waals surface area contributed by atoms with Crippen molar-refractivity contribution in [3.05, 3.63) is 106 Å². The summed E-state index contributed by atoms with van der Waals surface area (Å²) in [5.41, 5.74) is -0.313. The molecule has 2 amide bonds. The molecule has 0 radical (unpaired) electrons. The predicted octanol–water partition coefficient (Wildman–Crippen LogP) is 5.46. The lowest BCUT2D eigenvalue weighted by molar-refractivity contribution is -0.384. The Balaban J connectivity index is 1.46. The lowest BCUT2D eigenvalue weighted by Crippen LogP contribution is -2.40. The van der Waals surface area contributed by atoms with Gasteiger partial charge in [0.05, 0.1) is 21.1 Å². The topological polar surface area (TPSA) is 127 Å². The molecule has 0 atom stereocenters. The van der Waals surface area contributed by atoms with E-state index in [9.17, 15) is 36.9 Å². The Morgan fingerprint density at radius 1 is 0.895 bits per heavy atom. The van der Waals surface area contributed by atoms with Crippen LogP contribution in [0.4, 0.5) is 25.8 Å². The Morgan fingerprint density at radius 2 is 1.53 bits per heavy atom. The molecule has 12 heteroatoms. The molecule has 1 N–H and O–H groups in total. The molecule has 0 fully saturated rings. The van der Waals surface area contributed by atoms with E-state index in [4.69, 9.17) is 0 Å². The average Bonchev–Trinajstić information content (AvgIpc) is 2.87. The highest BCUT2D eigenvalue weighted by molar-refractivity contribution is 7.92. The number of rotatable bonds is 6. The molecule has 0 unspecified atom stereocenters. The number of anilines is 2. The highest BCUT2D eigenvalue weighted by atomic mass is 32.2. The maximum Gasteiger partial charge on any atom is 0.270 e. The van der Waals surface area contributed by atoms with Gasteiger partial charge >= 0.3 is 0 Å². The molecule has 0 saturated heterocycles. The average molecular weight is 538 g/mol. The third-order valence-electron chi connectivity index (χ3n) is 6.09. The van der Waals surface area contributed by atoms with Crippen molar-refractivity contribution in [2.45, 2.75) is 17.7 Å². The fraction of sp³-hybridized carbons (Fsp3) is 0.0769. The van der Waals surface area contributed by atoms with Gasteiger partial charge in [0.2, 0.25) is 0 Å². The van der Waals surface area contributed by atoms with E-state index < -0.39 is 32.7 Å². The largest absolute Gasteiger partial charge is 0.280 e. The van der Waals surface area contributed by atoms with Crippen LogP contribution in [0.25, 0.3) is 10.8 Å². The molecule has 192 valence electrons. The molecule has 1 aliphatic rings. The van der Waals surface area contributed by atoms with E-state index in [0.717, 1.165) is 30.0 Å². The summed E-state index contributed by atoms with van der Waals surface area (Å²) in [6.07, 6.45) is 0. The van der Waals surface area contributed by atoms with Gasteiger partial charge in [-0.2, -0.15) is 0 Å². The first-order valence-electron chi connectivity index (χ1n) is 11.1. The van der Waals surface area contributed by atoms with Gasteiger partial charge in [-0.05, 0) is 47.9 Å². The number of halogens is 2. The SMILES string of the molecule is CC(F)(F)c1ccc(NS(=O)(=O)c2ccc(N3C(=O)c4cccc5cc([N+](=O)[O-])cc(c45)C3=O)cc2)cc1. The normalized spacial score (nSPS) is 13.6. The lowest BCUT2D eigenvalue weighted by atomic mass is 9.93. The predicted molar refractivity (Wildman–Crippen MR) is 135 cm³/mol. The van der Waals surface area contributed by atoms with Gasteiger partial charge in [-0.3, -0.25) is 24.4 Å². The highest BCUT2D eigenvalue weighted by Crippen LogP contribution is 2.36. The fourth-order valence-corrected chi connectivity index (χ4v) is 5.31. The van der Waals surface area contributed by atoms with Gasteiger partial charge in [-0.15, -0.1) is 0 Å². The summed E-state index contributed by atoms with van der Waals surface area (Å²) < 4.78 is 54.8. The Hall–Kier alpha value is -4.71. The minimum atomic E-state index is -4.13. The number of non-ortho nitro benzene ring substituents is 1. The lowest BCUT2D eigenvalue weighted by Gasteiger charge is -2.27. The molecule has 0 aromatic heterocycles. The van der Waals surface area contributed by atoms with E-state index in [2.05, 4.69) is 4.72 Å². The quantitative estimate of drug-likeness (QED) is 0.198. The van der Waals surface area contributed by atoms with Crippen molar-refractivity contribution in [3.8, 4) is 0 Å². The molecule has 4 aromatic carbocycles. The van der Waals surface area contributed by atoms with Crippen LogP contribution in [0, 0.1) is 10.1 Å². The van der Waals surface area contributed by atoms with Crippen molar-refractivity contribution in [1.82, 2.24) is 0 Å². The van der Waals surface area contributed by atoms with Crippen molar-refractivity contribution in [2.75, 3.05) is 9.62 Å². The van der Waals surface area contributed by atoms with Crippen LogP contribution in [0.5, 0.6) is 0 Å². The van der Waals surface area contributed by atoms with Gasteiger partial charge < -0.3 is 0 Å². The minimum absolute atomic E-state index is 0.0242. The number of sulfonamides is 1. The molecule has 0 spiro atoms. The molecule has 0 bridgehead atoms. The van der Waals surface area contributed by atoms with Crippen molar-refractivity contribution in [3.63, 3.8) is 0 Å². The summed E-state index contributed by atoms with van der Waals surface area (Å²) in [6.45, 7) is 0.728. The van der Waals surface area contributed by atoms with E-state index >= 15 is 0 Å². The second-order valence-electron chi connectivity index (χ2n) is 8.66. The van der Waals surface area contributed by atoms with Gasteiger partial charge in [0.1, 0.15) is 0 Å². The van der Waals surface area contributed by atoms with Crippen LogP contribution < -0.4 is 9.62 Å². The summed E-state index contributed by atoms with van der Waals surface area (Å²) in [7, 11) is -4.13. The number of nitrogens with zero attached hydrogens (tertiary/aromatic N) is 2. The second kappa shape index (κ2) is 8.70. The van der Waals surface area contributed by atoms with Crippen LogP contribution in [-0.2, 0) is 15.9 Å². The number of nitro groups is 1. The maximum atomic E-state index is 13.4. The van der Waals surface area contributed by atoms with E-state index in [0.29, 0.717) is 10.8 Å². The number of carbonyl (C=O) groups is 2. The van der Waals surface area contributed by atoms with Gasteiger partial charge in [0.25, 0.3) is 33.4 Å². The molecule has 38 heavy (non-hydrogen) atoms. The maximum absolute atomic E-state index is 13.4. The zero-order valence-corrected chi connectivity index (χ0v) is 20.3. The minimum Gasteiger partial charge on any atom is -0.280 e. The molecule has 1 heterocycles. The van der Waals surface area contributed by atoms with E-state index in [1.165, 1.54) is 48.5 Å². The standard InChI is InChI=1S/C26H17F2N3O6S/c1-26(27,28)16-5-7-17(8-6-16)29-38(36,37)20-11-9-18(10-12-20)30-24(32)21-4-2-3-15-13-19(31(34)35)14-22(23(15)21)25(30)33/h2-14,29H,1H3. The number of nitro benzene ring substituents is 1. The van der Waals surface area contributed by atoms with Crippen LogP contribution in [0.2, 0.25) is 0 Å². The first-order chi connectivity index (χ1) is 17.9. The van der Waals surface area contributed by atoms with Crippen LogP contribution in [0.15, 0.2) is 83.8 Å². The second-order valence-corrected chi connectivity index (χ2v) is 10.3. The van der Waals surface area contributed by atoms with Gasteiger partial charge in [0, 0.05) is 41.3 Å². The van der Waals surface area contributed by atoms with Gasteiger partial charge in [0.15, 0.2) is 0 Å². The van der Waals surface area contributed by atoms with Crippen molar-refractivity contribution >= 4 is 49.7 Å². The number of alkyl halides is 2. The number of hydrogen-bond acceptors (Lipinski definition) is 6. The van der Waals surface area contributed by atoms with E-state index in [1.54, 1.807) is 12.1 Å². The Labute approximate surface area is 214 Å². The number of amides is 2. The number of hydrogen-bond donors (Lipinski definition) is 1. The zero-order valence-electron chi connectivity index (χ0n) is 19.5. The number of imide groups is 1. The Bertz CT molecular complexity index is 1750. The summed E-state index contributed by atoms with van der Waals surface area (Å²) in [5, 5.41) is 12.1. The third kappa shape index (κ3) is 4.24. The number of benzene rings is 4. The molecule has 9 nitrogen and oxygen atoms in total. The monoisotopic (exact) mass is 537 g/mol. The van der Waals surface area contributed by atoms with Crippen LogP contribution in [0.1, 0.15) is 33.2 Å². The molecular formula is C26H17F2N3O6S. The highest BCUT2D eigenvalue weighted by Gasteiger charge is 2.35. The van der Waals surface area contributed by atoms with Crippen LogP contribution in [0.3, 0.4) is 0 Å². The summed E-state index contributed by atoms with van der Waals surface area (Å²) in [5.74, 6) is -4.53. The van der Waals surface area contributed by atoms with E-state index in [-0.39, 0.29) is 38.6 Å². The molecule has 1 aliphatic heterocycles.